The predicted octanol–water partition coefficient (Wildman–Crippen LogP) is 3.49. The number of hydrogen-bond donors (Lipinski definition) is 0. The summed E-state index contributed by atoms with van der Waals surface area (Å²) in [7, 11) is 1.46. The van der Waals surface area contributed by atoms with Gasteiger partial charge in [-0.05, 0) is 19.3 Å². The van der Waals surface area contributed by atoms with Crippen LogP contribution in [0.15, 0.2) is 12.1 Å². The molecular formula is C15H18ClFN2O2. The quantitative estimate of drug-likeness (QED) is 0.793. The van der Waals surface area contributed by atoms with E-state index in [2.05, 4.69) is 4.98 Å². The molecule has 4 nitrogen and oxygen atoms in total. The highest BCUT2D eigenvalue weighted by atomic mass is 35.5. The van der Waals surface area contributed by atoms with E-state index in [4.69, 9.17) is 21.1 Å². The Balaban J connectivity index is 1.93. The number of benzene rings is 1. The minimum atomic E-state index is -0.408. The Bertz CT molecular complexity index is 638. The lowest BCUT2D eigenvalue weighted by Crippen LogP contribution is -2.11. The van der Waals surface area contributed by atoms with Crippen LogP contribution in [0.2, 0.25) is 0 Å². The lowest BCUT2D eigenvalue weighted by Gasteiger charge is -2.12. The summed E-state index contributed by atoms with van der Waals surface area (Å²) in [5.41, 5.74) is 1.46. The number of nitrogens with zero attached hydrogens (tertiary/aromatic N) is 2. The number of alkyl halides is 1. The van der Waals surface area contributed by atoms with Crippen molar-refractivity contribution >= 4 is 22.6 Å². The van der Waals surface area contributed by atoms with Gasteiger partial charge in [-0.3, -0.25) is 0 Å². The van der Waals surface area contributed by atoms with Gasteiger partial charge in [0.2, 0.25) is 0 Å². The summed E-state index contributed by atoms with van der Waals surface area (Å²) in [6, 6.07) is 3.08. The molecule has 0 bridgehead atoms. The molecule has 0 N–H and O–H groups in total. The van der Waals surface area contributed by atoms with Crippen LogP contribution in [-0.4, -0.2) is 29.4 Å². The van der Waals surface area contributed by atoms with Crippen LogP contribution in [0.1, 0.15) is 25.1 Å². The SMILES string of the molecule is COc1cc2c(cc1F)nc(CCl)n2CCC1CCCO1. The first kappa shape index (κ1) is 14.6. The first-order valence-corrected chi connectivity index (χ1v) is 7.66. The molecule has 1 aromatic heterocycles. The maximum absolute atomic E-state index is 13.8. The van der Waals surface area contributed by atoms with Gasteiger partial charge in [-0.25, -0.2) is 9.37 Å². The van der Waals surface area contributed by atoms with E-state index in [9.17, 15) is 4.39 Å². The zero-order valence-electron chi connectivity index (χ0n) is 11.9. The Morgan fingerprint density at radius 1 is 1.52 bits per heavy atom. The number of aromatic nitrogens is 2. The van der Waals surface area contributed by atoms with E-state index in [0.717, 1.165) is 43.8 Å². The fraction of sp³-hybridized carbons (Fsp3) is 0.533. The van der Waals surface area contributed by atoms with Crippen molar-refractivity contribution in [2.75, 3.05) is 13.7 Å². The van der Waals surface area contributed by atoms with Gasteiger partial charge >= 0.3 is 0 Å². The van der Waals surface area contributed by atoms with Gasteiger partial charge in [0.25, 0.3) is 0 Å². The van der Waals surface area contributed by atoms with E-state index in [0.29, 0.717) is 17.5 Å². The number of halogens is 2. The van der Waals surface area contributed by atoms with E-state index in [1.54, 1.807) is 6.07 Å². The molecule has 2 aromatic rings. The summed E-state index contributed by atoms with van der Waals surface area (Å²) in [4.78, 5) is 4.41. The maximum Gasteiger partial charge on any atom is 0.167 e. The second-order valence-corrected chi connectivity index (χ2v) is 5.48. The molecule has 0 spiro atoms. The highest BCUT2D eigenvalue weighted by molar-refractivity contribution is 6.16. The second kappa shape index (κ2) is 6.20. The summed E-state index contributed by atoms with van der Waals surface area (Å²) in [6.45, 7) is 1.61. The van der Waals surface area contributed by atoms with Gasteiger partial charge < -0.3 is 14.0 Å². The first-order chi connectivity index (χ1) is 10.2. The molecule has 1 aliphatic rings. The van der Waals surface area contributed by atoms with Gasteiger partial charge in [0.05, 0.1) is 30.1 Å². The molecule has 0 aliphatic carbocycles. The first-order valence-electron chi connectivity index (χ1n) is 7.13. The van der Waals surface area contributed by atoms with Crippen molar-refractivity contribution in [3.05, 3.63) is 23.8 Å². The molecule has 1 fully saturated rings. The molecule has 21 heavy (non-hydrogen) atoms. The van der Waals surface area contributed by atoms with E-state index in [1.165, 1.54) is 13.2 Å². The Morgan fingerprint density at radius 2 is 2.38 bits per heavy atom. The molecule has 1 aliphatic heterocycles. The van der Waals surface area contributed by atoms with E-state index >= 15 is 0 Å². The van der Waals surface area contributed by atoms with Gasteiger partial charge in [0.1, 0.15) is 5.82 Å². The number of rotatable bonds is 5. The molecule has 1 unspecified atom stereocenters. The third kappa shape index (κ3) is 2.85. The Labute approximate surface area is 127 Å². The molecule has 1 aromatic carbocycles. The summed E-state index contributed by atoms with van der Waals surface area (Å²) < 4.78 is 26.5. The fourth-order valence-corrected chi connectivity index (χ4v) is 3.03. The standard InChI is InChI=1S/C15H18ClFN2O2/c1-20-14-8-13-12(7-11(14)17)18-15(9-16)19(13)5-4-10-3-2-6-21-10/h7-8,10H,2-6,9H2,1H3. The number of aryl methyl sites for hydroxylation is 1. The molecule has 1 atom stereocenters. The third-order valence-electron chi connectivity index (χ3n) is 3.92. The monoisotopic (exact) mass is 312 g/mol. The molecule has 0 amide bonds. The van der Waals surface area contributed by atoms with Crippen molar-refractivity contribution in [1.29, 1.82) is 0 Å². The Kier molecular flexibility index (Phi) is 4.31. The molecule has 1 saturated heterocycles. The number of methoxy groups -OCH3 is 1. The molecular weight excluding hydrogens is 295 g/mol. The average Bonchev–Trinajstić information content (AvgIpc) is 3.11. The van der Waals surface area contributed by atoms with Crippen LogP contribution >= 0.6 is 11.6 Å². The summed E-state index contributed by atoms with van der Waals surface area (Å²) in [6.07, 6.45) is 3.43. The minimum Gasteiger partial charge on any atom is -0.494 e. The van der Waals surface area contributed by atoms with E-state index < -0.39 is 5.82 Å². The van der Waals surface area contributed by atoms with E-state index in [-0.39, 0.29) is 5.75 Å². The topological polar surface area (TPSA) is 36.3 Å². The van der Waals surface area contributed by atoms with Crippen molar-refractivity contribution in [1.82, 2.24) is 9.55 Å². The molecule has 6 heteroatoms. The highest BCUT2D eigenvalue weighted by Gasteiger charge is 2.18. The van der Waals surface area contributed by atoms with Crippen molar-refractivity contribution in [3.63, 3.8) is 0 Å². The molecule has 3 rings (SSSR count). The number of imidazole rings is 1. The summed E-state index contributed by atoms with van der Waals surface area (Å²) in [5.74, 6) is 0.860. The van der Waals surface area contributed by atoms with E-state index in [1.807, 2.05) is 4.57 Å². The average molecular weight is 313 g/mol. The van der Waals surface area contributed by atoms with Crippen LogP contribution in [0.4, 0.5) is 4.39 Å². The van der Waals surface area contributed by atoms with Crippen molar-refractivity contribution in [3.8, 4) is 5.75 Å². The number of hydrogen-bond acceptors (Lipinski definition) is 3. The minimum absolute atomic E-state index is 0.224. The largest absolute Gasteiger partial charge is 0.494 e. The van der Waals surface area contributed by atoms with Crippen LogP contribution in [0, 0.1) is 5.82 Å². The van der Waals surface area contributed by atoms with Gasteiger partial charge in [0, 0.05) is 25.3 Å². The zero-order chi connectivity index (χ0) is 14.8. The van der Waals surface area contributed by atoms with Gasteiger partial charge in [-0.1, -0.05) is 0 Å². The van der Waals surface area contributed by atoms with Crippen LogP contribution in [-0.2, 0) is 17.2 Å². The lowest BCUT2D eigenvalue weighted by molar-refractivity contribution is 0.100. The highest BCUT2D eigenvalue weighted by Crippen LogP contribution is 2.27. The lowest BCUT2D eigenvalue weighted by atomic mass is 10.2. The van der Waals surface area contributed by atoms with Crippen molar-refractivity contribution in [2.24, 2.45) is 0 Å². The second-order valence-electron chi connectivity index (χ2n) is 5.21. The van der Waals surface area contributed by atoms with Crippen LogP contribution in [0.3, 0.4) is 0 Å². The van der Waals surface area contributed by atoms with Gasteiger partial charge in [-0.15, -0.1) is 11.6 Å². The smallest absolute Gasteiger partial charge is 0.167 e. The molecule has 0 saturated carbocycles. The van der Waals surface area contributed by atoms with Gasteiger partial charge in [0.15, 0.2) is 11.6 Å². The van der Waals surface area contributed by atoms with Gasteiger partial charge in [-0.2, -0.15) is 0 Å². The predicted molar refractivity (Wildman–Crippen MR) is 79.4 cm³/mol. The number of ether oxygens (including phenoxy) is 2. The molecule has 0 radical (unpaired) electrons. The Hall–Kier alpha value is -1.33. The third-order valence-corrected chi connectivity index (χ3v) is 4.16. The van der Waals surface area contributed by atoms with Crippen molar-refractivity contribution < 1.29 is 13.9 Å². The summed E-state index contributed by atoms with van der Waals surface area (Å²) in [5, 5.41) is 0. The van der Waals surface area contributed by atoms with Crippen LogP contribution in [0.25, 0.3) is 11.0 Å². The van der Waals surface area contributed by atoms with Crippen LogP contribution in [0.5, 0.6) is 5.75 Å². The fourth-order valence-electron chi connectivity index (χ4n) is 2.83. The zero-order valence-corrected chi connectivity index (χ0v) is 12.7. The molecule has 2 heterocycles. The Morgan fingerprint density at radius 3 is 3.05 bits per heavy atom. The van der Waals surface area contributed by atoms with Crippen LogP contribution < -0.4 is 4.74 Å². The van der Waals surface area contributed by atoms with Crippen molar-refractivity contribution in [2.45, 2.75) is 37.8 Å². The number of fused-ring (bicyclic) bond motifs is 1. The maximum atomic E-state index is 13.8. The molecule has 114 valence electrons. The normalized spacial score (nSPS) is 18.5. The summed E-state index contributed by atoms with van der Waals surface area (Å²) >= 11 is 5.97.